The van der Waals surface area contributed by atoms with Gasteiger partial charge in [0.15, 0.2) is 6.10 Å². The molecule has 0 aromatic heterocycles. The molecular weight excluding hydrogens is 416 g/mol. The van der Waals surface area contributed by atoms with E-state index in [9.17, 15) is 13.2 Å². The lowest BCUT2D eigenvalue weighted by molar-refractivity contribution is -0.122. The molecule has 1 heterocycles. The number of hydrogen-bond donors (Lipinski definition) is 1. The minimum atomic E-state index is -3.88. The van der Waals surface area contributed by atoms with E-state index in [1.54, 1.807) is 60.7 Å². The van der Waals surface area contributed by atoms with Gasteiger partial charge in [0, 0.05) is 0 Å². The monoisotopic (exact) mass is 438 g/mol. The van der Waals surface area contributed by atoms with E-state index < -0.39 is 22.0 Å². The van der Waals surface area contributed by atoms with Crippen LogP contribution in [0.15, 0.2) is 83.8 Å². The first-order valence-electron chi connectivity index (χ1n) is 9.87. The van der Waals surface area contributed by atoms with Gasteiger partial charge in [-0.05, 0) is 43.3 Å². The molecule has 1 N–H and O–H groups in total. The third-order valence-corrected chi connectivity index (χ3v) is 6.60. The van der Waals surface area contributed by atoms with Gasteiger partial charge >= 0.3 is 0 Å². The Morgan fingerprint density at radius 1 is 1.03 bits per heavy atom. The van der Waals surface area contributed by atoms with Crippen LogP contribution in [0.1, 0.15) is 6.92 Å². The smallest absolute Gasteiger partial charge is 0.267 e. The Kier molecular flexibility index (Phi) is 5.81. The van der Waals surface area contributed by atoms with Crippen LogP contribution >= 0.6 is 0 Å². The van der Waals surface area contributed by atoms with E-state index in [2.05, 4.69) is 5.32 Å². The third-order valence-electron chi connectivity index (χ3n) is 4.80. The van der Waals surface area contributed by atoms with Crippen molar-refractivity contribution < 1.29 is 22.7 Å². The number of ether oxygens (including phenoxy) is 2. The average molecular weight is 439 g/mol. The molecule has 160 valence electrons. The Hall–Kier alpha value is -3.52. The number of para-hydroxylation sites is 4. The minimum Gasteiger partial charge on any atom is -0.492 e. The van der Waals surface area contributed by atoms with Gasteiger partial charge in [0.05, 0.1) is 29.4 Å². The number of carbonyl (C=O) groups is 1. The van der Waals surface area contributed by atoms with Crippen LogP contribution in [0.4, 0.5) is 11.4 Å². The molecule has 0 saturated carbocycles. The molecule has 0 spiro atoms. The van der Waals surface area contributed by atoms with Crippen molar-refractivity contribution in [2.24, 2.45) is 0 Å². The predicted molar refractivity (Wildman–Crippen MR) is 118 cm³/mol. The number of nitrogens with zero attached hydrogens (tertiary/aromatic N) is 1. The van der Waals surface area contributed by atoms with Crippen LogP contribution in [-0.4, -0.2) is 33.6 Å². The highest BCUT2D eigenvalue weighted by Crippen LogP contribution is 2.37. The second kappa shape index (κ2) is 8.69. The molecule has 31 heavy (non-hydrogen) atoms. The van der Waals surface area contributed by atoms with Crippen molar-refractivity contribution >= 4 is 27.3 Å². The number of hydrogen-bond acceptors (Lipinski definition) is 5. The first kappa shape index (κ1) is 20.7. The summed E-state index contributed by atoms with van der Waals surface area (Å²) in [5, 5.41) is 2.80. The molecular formula is C23H22N2O5S. The molecule has 0 bridgehead atoms. The van der Waals surface area contributed by atoms with Crippen molar-refractivity contribution in [2.75, 3.05) is 22.8 Å². The third kappa shape index (κ3) is 4.20. The second-order valence-corrected chi connectivity index (χ2v) is 8.70. The zero-order chi connectivity index (χ0) is 21.8. The quantitative estimate of drug-likeness (QED) is 0.635. The van der Waals surface area contributed by atoms with Crippen LogP contribution in [-0.2, 0) is 14.8 Å². The van der Waals surface area contributed by atoms with E-state index in [1.807, 2.05) is 13.0 Å². The Labute approximate surface area is 181 Å². The zero-order valence-corrected chi connectivity index (χ0v) is 17.7. The molecule has 0 unspecified atom stereocenters. The highest BCUT2D eigenvalue weighted by atomic mass is 32.2. The van der Waals surface area contributed by atoms with Crippen molar-refractivity contribution in [2.45, 2.75) is 17.9 Å². The Bertz CT molecular complexity index is 1180. The fraction of sp³-hybridized carbons (Fsp3) is 0.174. The Balaban J connectivity index is 1.65. The van der Waals surface area contributed by atoms with Crippen molar-refractivity contribution in [3.05, 3.63) is 78.9 Å². The van der Waals surface area contributed by atoms with E-state index in [0.29, 0.717) is 29.5 Å². The fourth-order valence-corrected chi connectivity index (χ4v) is 4.85. The van der Waals surface area contributed by atoms with Crippen LogP contribution in [0.3, 0.4) is 0 Å². The number of rotatable bonds is 6. The van der Waals surface area contributed by atoms with E-state index in [1.165, 1.54) is 16.4 Å². The van der Waals surface area contributed by atoms with Crippen LogP contribution in [0.2, 0.25) is 0 Å². The minimum absolute atomic E-state index is 0.146. The first-order valence-corrected chi connectivity index (χ1v) is 11.3. The maximum atomic E-state index is 13.3. The largest absolute Gasteiger partial charge is 0.492 e. The molecule has 3 aromatic rings. The van der Waals surface area contributed by atoms with Gasteiger partial charge in [-0.25, -0.2) is 8.42 Å². The maximum Gasteiger partial charge on any atom is 0.267 e. The molecule has 7 nitrogen and oxygen atoms in total. The first-order chi connectivity index (χ1) is 15.0. The topological polar surface area (TPSA) is 84.9 Å². The second-order valence-electron chi connectivity index (χ2n) is 6.84. The van der Waals surface area contributed by atoms with E-state index in [-0.39, 0.29) is 11.4 Å². The van der Waals surface area contributed by atoms with Gasteiger partial charge in [-0.2, -0.15) is 0 Å². The summed E-state index contributed by atoms with van der Waals surface area (Å²) in [6.45, 7) is 2.15. The molecule has 1 amide bonds. The average Bonchev–Trinajstić information content (AvgIpc) is 2.80. The van der Waals surface area contributed by atoms with Crippen molar-refractivity contribution in [1.29, 1.82) is 0 Å². The summed E-state index contributed by atoms with van der Waals surface area (Å²) >= 11 is 0. The van der Waals surface area contributed by atoms with Crippen molar-refractivity contribution in [3.8, 4) is 11.5 Å². The zero-order valence-electron chi connectivity index (χ0n) is 16.9. The summed E-state index contributed by atoms with van der Waals surface area (Å²) in [6.07, 6.45) is -1.04. The lowest BCUT2D eigenvalue weighted by Crippen LogP contribution is -2.48. The van der Waals surface area contributed by atoms with Crippen LogP contribution < -0.4 is 19.1 Å². The lowest BCUT2D eigenvalue weighted by Gasteiger charge is -2.34. The number of amides is 1. The van der Waals surface area contributed by atoms with Crippen LogP contribution in [0.25, 0.3) is 0 Å². The molecule has 1 aliphatic rings. The van der Waals surface area contributed by atoms with Gasteiger partial charge in [0.2, 0.25) is 0 Å². The number of anilines is 2. The summed E-state index contributed by atoms with van der Waals surface area (Å²) < 4.78 is 39.3. The van der Waals surface area contributed by atoms with Gasteiger partial charge in [-0.3, -0.25) is 9.10 Å². The summed E-state index contributed by atoms with van der Waals surface area (Å²) in [5.41, 5.74) is 0.888. The lowest BCUT2D eigenvalue weighted by atomic mass is 10.2. The fourth-order valence-electron chi connectivity index (χ4n) is 3.35. The Morgan fingerprint density at radius 2 is 1.71 bits per heavy atom. The van der Waals surface area contributed by atoms with Gasteiger partial charge in [-0.1, -0.05) is 42.5 Å². The molecule has 4 rings (SSSR count). The standard InChI is InChI=1S/C23H22N2O5S/c1-2-29-20-14-8-6-12-18(20)24-23(26)22-16-25(19-13-7-9-15-21(19)30-22)31(27,28)17-10-4-3-5-11-17/h3-15,22H,2,16H2,1H3,(H,24,26)/t22-/m0/s1. The van der Waals surface area contributed by atoms with Gasteiger partial charge < -0.3 is 14.8 Å². The molecule has 0 aliphatic carbocycles. The number of benzene rings is 3. The number of sulfonamides is 1. The number of nitrogens with one attached hydrogen (secondary N) is 1. The normalized spacial score (nSPS) is 15.5. The van der Waals surface area contributed by atoms with E-state index in [4.69, 9.17) is 9.47 Å². The summed E-state index contributed by atoms with van der Waals surface area (Å²) in [4.78, 5) is 13.2. The van der Waals surface area contributed by atoms with Crippen molar-refractivity contribution in [1.82, 2.24) is 0 Å². The SMILES string of the molecule is CCOc1ccccc1NC(=O)[C@@H]1CN(S(=O)(=O)c2ccccc2)c2ccccc2O1. The highest BCUT2D eigenvalue weighted by Gasteiger charge is 2.37. The van der Waals surface area contributed by atoms with Gasteiger partial charge in [-0.15, -0.1) is 0 Å². The summed E-state index contributed by atoms with van der Waals surface area (Å²) in [7, 11) is -3.88. The molecule has 3 aromatic carbocycles. The molecule has 0 radical (unpaired) electrons. The maximum absolute atomic E-state index is 13.3. The molecule has 1 aliphatic heterocycles. The molecule has 8 heteroatoms. The molecule has 0 fully saturated rings. The predicted octanol–water partition coefficient (Wildman–Crippen LogP) is 3.68. The van der Waals surface area contributed by atoms with Crippen LogP contribution in [0, 0.1) is 0 Å². The van der Waals surface area contributed by atoms with Crippen LogP contribution in [0.5, 0.6) is 11.5 Å². The van der Waals surface area contributed by atoms with Gasteiger partial charge in [0.25, 0.3) is 15.9 Å². The molecule has 1 atom stereocenters. The number of fused-ring (bicyclic) bond motifs is 1. The van der Waals surface area contributed by atoms with E-state index in [0.717, 1.165) is 0 Å². The molecule has 0 saturated heterocycles. The Morgan fingerprint density at radius 3 is 2.48 bits per heavy atom. The van der Waals surface area contributed by atoms with Crippen molar-refractivity contribution in [3.63, 3.8) is 0 Å². The summed E-state index contributed by atoms with van der Waals surface area (Å²) in [6, 6.07) is 22.0. The van der Waals surface area contributed by atoms with Gasteiger partial charge in [0.1, 0.15) is 11.5 Å². The van der Waals surface area contributed by atoms with E-state index >= 15 is 0 Å². The number of carbonyl (C=O) groups excluding carboxylic acids is 1. The summed E-state index contributed by atoms with van der Waals surface area (Å²) in [5.74, 6) is 0.393. The highest BCUT2D eigenvalue weighted by molar-refractivity contribution is 7.92.